The first-order chi connectivity index (χ1) is 11.2. The first-order valence-corrected chi connectivity index (χ1v) is 9.05. The second-order valence-corrected chi connectivity index (χ2v) is 7.66. The number of benzene rings is 1. The van der Waals surface area contributed by atoms with Crippen molar-refractivity contribution in [2.24, 2.45) is 0 Å². The van der Waals surface area contributed by atoms with E-state index in [2.05, 4.69) is 15.1 Å². The molecule has 1 amide bonds. The summed E-state index contributed by atoms with van der Waals surface area (Å²) in [5.74, 6) is 1.98. The number of aromatic nitrogens is 3. The third-order valence-electron chi connectivity index (χ3n) is 3.72. The molecule has 2 aromatic heterocycles. The third-order valence-corrected chi connectivity index (χ3v) is 5.88. The highest BCUT2D eigenvalue weighted by Gasteiger charge is 2.35. The van der Waals surface area contributed by atoms with E-state index in [1.807, 2.05) is 29.2 Å². The number of amides is 1. The summed E-state index contributed by atoms with van der Waals surface area (Å²) in [5.41, 5.74) is 0.989. The van der Waals surface area contributed by atoms with E-state index < -0.39 is 0 Å². The van der Waals surface area contributed by atoms with Crippen LogP contribution in [0.15, 0.2) is 33.1 Å². The number of para-hydroxylation sites is 1. The van der Waals surface area contributed by atoms with Crippen LogP contribution in [0.1, 0.15) is 17.6 Å². The molecule has 3 aromatic rings. The van der Waals surface area contributed by atoms with E-state index in [9.17, 15) is 4.79 Å². The summed E-state index contributed by atoms with van der Waals surface area (Å²) in [4.78, 5) is 22.8. The Morgan fingerprint density at radius 3 is 2.96 bits per heavy atom. The molecule has 0 N–H and O–H groups in total. The van der Waals surface area contributed by atoms with Gasteiger partial charge in [0.15, 0.2) is 10.2 Å². The smallest absolute Gasteiger partial charge is 0.233 e. The maximum atomic E-state index is 12.2. The quantitative estimate of drug-likeness (QED) is 0.676. The van der Waals surface area contributed by atoms with Crippen LogP contribution in [0.2, 0.25) is 0 Å². The van der Waals surface area contributed by atoms with Crippen molar-refractivity contribution < 1.29 is 9.32 Å². The van der Waals surface area contributed by atoms with Crippen molar-refractivity contribution >= 4 is 39.2 Å². The van der Waals surface area contributed by atoms with Crippen molar-refractivity contribution in [3.63, 3.8) is 0 Å². The number of nitrogens with zero attached hydrogens (tertiary/aromatic N) is 4. The molecular weight excluding hydrogens is 332 g/mol. The van der Waals surface area contributed by atoms with Crippen LogP contribution < -0.4 is 0 Å². The third kappa shape index (κ3) is 2.96. The van der Waals surface area contributed by atoms with Crippen molar-refractivity contribution in [3.8, 4) is 0 Å². The van der Waals surface area contributed by atoms with Gasteiger partial charge in [-0.15, -0.1) is 11.3 Å². The monoisotopic (exact) mass is 346 g/mol. The summed E-state index contributed by atoms with van der Waals surface area (Å²) in [5, 5.41) is 3.79. The van der Waals surface area contributed by atoms with E-state index in [1.165, 1.54) is 11.8 Å². The van der Waals surface area contributed by atoms with E-state index >= 15 is 0 Å². The Hall–Kier alpha value is -1.93. The van der Waals surface area contributed by atoms with Gasteiger partial charge in [-0.1, -0.05) is 29.1 Å². The molecule has 0 radical (unpaired) electrons. The predicted molar refractivity (Wildman–Crippen MR) is 88.7 cm³/mol. The molecule has 1 saturated heterocycles. The SMILES string of the molecule is Cc1noc(C2CN(C(=O)CSc3nc4ccccc4s3)C2)n1. The van der Waals surface area contributed by atoms with Gasteiger partial charge in [-0.25, -0.2) is 4.98 Å². The van der Waals surface area contributed by atoms with E-state index in [0.717, 1.165) is 14.6 Å². The van der Waals surface area contributed by atoms with Crippen LogP contribution in [-0.2, 0) is 4.79 Å². The number of thioether (sulfide) groups is 1. The maximum Gasteiger partial charge on any atom is 0.233 e. The standard InChI is InChI=1S/C15H14N4O2S2/c1-9-16-14(21-18-9)10-6-19(7-10)13(20)8-22-15-17-11-4-2-3-5-12(11)23-15/h2-5,10H,6-8H2,1H3. The molecule has 1 aromatic carbocycles. The van der Waals surface area contributed by atoms with Gasteiger partial charge in [0, 0.05) is 13.1 Å². The van der Waals surface area contributed by atoms with Gasteiger partial charge in [0.2, 0.25) is 11.8 Å². The Kier molecular flexibility index (Phi) is 3.78. The zero-order valence-corrected chi connectivity index (χ0v) is 14.1. The fraction of sp³-hybridized carbons (Fsp3) is 0.333. The molecule has 0 saturated carbocycles. The number of hydrogen-bond donors (Lipinski definition) is 0. The summed E-state index contributed by atoms with van der Waals surface area (Å²) in [6, 6.07) is 8.01. The highest BCUT2D eigenvalue weighted by molar-refractivity contribution is 8.01. The molecule has 0 aliphatic carbocycles. The van der Waals surface area contributed by atoms with Gasteiger partial charge in [-0.3, -0.25) is 4.79 Å². The lowest BCUT2D eigenvalue weighted by Crippen LogP contribution is -2.49. The Morgan fingerprint density at radius 1 is 1.39 bits per heavy atom. The van der Waals surface area contributed by atoms with Crippen LogP contribution >= 0.6 is 23.1 Å². The second kappa shape index (κ2) is 5.93. The number of rotatable bonds is 4. The Balaban J connectivity index is 1.31. The van der Waals surface area contributed by atoms with Crippen molar-refractivity contribution in [3.05, 3.63) is 36.0 Å². The maximum absolute atomic E-state index is 12.2. The predicted octanol–water partition coefficient (Wildman–Crippen LogP) is 2.71. The lowest BCUT2D eigenvalue weighted by Gasteiger charge is -2.36. The number of aryl methyl sites for hydroxylation is 1. The van der Waals surface area contributed by atoms with Crippen LogP contribution in [0.4, 0.5) is 0 Å². The molecule has 3 heterocycles. The molecule has 1 fully saturated rings. The molecule has 0 bridgehead atoms. The van der Waals surface area contributed by atoms with Crippen molar-refractivity contribution in [1.29, 1.82) is 0 Å². The zero-order valence-electron chi connectivity index (χ0n) is 12.4. The lowest BCUT2D eigenvalue weighted by molar-refractivity contribution is -0.133. The van der Waals surface area contributed by atoms with E-state index in [4.69, 9.17) is 4.52 Å². The largest absolute Gasteiger partial charge is 0.340 e. The van der Waals surface area contributed by atoms with Crippen molar-refractivity contribution in [1.82, 2.24) is 20.0 Å². The summed E-state index contributed by atoms with van der Waals surface area (Å²) >= 11 is 3.12. The molecule has 118 valence electrons. The fourth-order valence-corrected chi connectivity index (χ4v) is 4.42. The van der Waals surface area contributed by atoms with E-state index in [-0.39, 0.29) is 11.8 Å². The Bertz CT molecular complexity index is 821. The Morgan fingerprint density at radius 2 is 2.22 bits per heavy atom. The van der Waals surface area contributed by atoms with Crippen LogP contribution in [-0.4, -0.2) is 44.8 Å². The number of fused-ring (bicyclic) bond motifs is 1. The molecular formula is C15H14N4O2S2. The lowest BCUT2D eigenvalue weighted by atomic mass is 10.0. The molecule has 0 spiro atoms. The van der Waals surface area contributed by atoms with Crippen LogP contribution in [0, 0.1) is 6.92 Å². The summed E-state index contributed by atoms with van der Waals surface area (Å²) in [7, 11) is 0. The molecule has 1 aliphatic rings. The number of carbonyl (C=O) groups excluding carboxylic acids is 1. The summed E-state index contributed by atoms with van der Waals surface area (Å²) < 4.78 is 7.23. The van der Waals surface area contributed by atoms with Gasteiger partial charge in [-0.05, 0) is 19.1 Å². The topological polar surface area (TPSA) is 72.1 Å². The number of hydrogen-bond acceptors (Lipinski definition) is 7. The molecule has 0 atom stereocenters. The minimum Gasteiger partial charge on any atom is -0.340 e. The first-order valence-electron chi connectivity index (χ1n) is 7.25. The highest BCUT2D eigenvalue weighted by atomic mass is 32.2. The average molecular weight is 346 g/mol. The Labute approximate surface area is 140 Å². The second-order valence-electron chi connectivity index (χ2n) is 5.41. The van der Waals surface area contributed by atoms with Gasteiger partial charge in [-0.2, -0.15) is 4.98 Å². The van der Waals surface area contributed by atoms with Gasteiger partial charge in [0.1, 0.15) is 0 Å². The van der Waals surface area contributed by atoms with Crippen LogP contribution in [0.5, 0.6) is 0 Å². The normalized spacial score (nSPS) is 15.1. The summed E-state index contributed by atoms with van der Waals surface area (Å²) in [6.07, 6.45) is 0. The van der Waals surface area contributed by atoms with E-state index in [0.29, 0.717) is 30.6 Å². The minimum atomic E-state index is 0.127. The van der Waals surface area contributed by atoms with Crippen molar-refractivity contribution in [2.75, 3.05) is 18.8 Å². The van der Waals surface area contributed by atoms with E-state index in [1.54, 1.807) is 18.3 Å². The van der Waals surface area contributed by atoms with Crippen molar-refractivity contribution in [2.45, 2.75) is 17.2 Å². The minimum absolute atomic E-state index is 0.127. The molecule has 6 nitrogen and oxygen atoms in total. The van der Waals surface area contributed by atoms with Crippen LogP contribution in [0.3, 0.4) is 0 Å². The van der Waals surface area contributed by atoms with Crippen LogP contribution in [0.25, 0.3) is 10.2 Å². The number of carbonyl (C=O) groups is 1. The molecule has 4 rings (SSSR count). The summed E-state index contributed by atoms with van der Waals surface area (Å²) in [6.45, 7) is 3.10. The molecule has 1 aliphatic heterocycles. The first kappa shape index (κ1) is 14.6. The molecule has 23 heavy (non-hydrogen) atoms. The number of thiazole rings is 1. The van der Waals surface area contributed by atoms with Gasteiger partial charge in [0.25, 0.3) is 0 Å². The van der Waals surface area contributed by atoms with Gasteiger partial charge in [0.05, 0.1) is 21.9 Å². The van der Waals surface area contributed by atoms with Gasteiger partial charge < -0.3 is 9.42 Å². The van der Waals surface area contributed by atoms with Gasteiger partial charge >= 0.3 is 0 Å². The zero-order chi connectivity index (χ0) is 15.8. The highest BCUT2D eigenvalue weighted by Crippen LogP contribution is 2.31. The average Bonchev–Trinajstić information content (AvgIpc) is 3.09. The number of likely N-dealkylation sites (tertiary alicyclic amines) is 1. The fourth-order valence-electron chi connectivity index (χ4n) is 2.44. The molecule has 0 unspecified atom stereocenters. The molecule has 8 heteroatoms.